The van der Waals surface area contributed by atoms with E-state index in [2.05, 4.69) is 17.4 Å². The Kier molecular flexibility index (Phi) is 9.12. The van der Waals surface area contributed by atoms with Crippen LogP contribution in [0, 0.1) is 11.8 Å². The topological polar surface area (TPSA) is 69.7 Å². The first-order chi connectivity index (χ1) is 15.4. The fraction of sp³-hybridized carbons (Fsp3) is 0.654. The molecule has 0 saturated carbocycles. The average molecular weight is 442 g/mol. The van der Waals surface area contributed by atoms with Gasteiger partial charge in [-0.15, -0.1) is 0 Å². The number of hydrogen-bond donors (Lipinski definition) is 1. The predicted octanol–water partition coefficient (Wildman–Crippen LogP) is 3.40. The van der Waals surface area contributed by atoms with Crippen LogP contribution in [0.15, 0.2) is 30.3 Å². The number of carbonyl (C=O) groups is 3. The molecule has 0 aromatic heterocycles. The van der Waals surface area contributed by atoms with E-state index in [0.717, 1.165) is 51.6 Å². The molecule has 32 heavy (non-hydrogen) atoms. The quantitative estimate of drug-likeness (QED) is 0.672. The Morgan fingerprint density at radius 3 is 2.22 bits per heavy atom. The van der Waals surface area contributed by atoms with Crippen molar-refractivity contribution < 1.29 is 14.4 Å². The number of benzene rings is 1. The molecule has 2 aliphatic rings. The summed E-state index contributed by atoms with van der Waals surface area (Å²) in [5, 5.41) is 3.07. The van der Waals surface area contributed by atoms with Crippen molar-refractivity contribution in [2.24, 2.45) is 11.8 Å². The van der Waals surface area contributed by atoms with Gasteiger partial charge in [0.05, 0.1) is 0 Å². The molecule has 3 amide bonds. The second kappa shape index (κ2) is 12.0. The highest BCUT2D eigenvalue weighted by atomic mass is 16.2. The van der Waals surface area contributed by atoms with E-state index in [1.165, 1.54) is 5.56 Å². The molecule has 2 fully saturated rings. The highest BCUT2D eigenvalue weighted by molar-refractivity contribution is 5.88. The van der Waals surface area contributed by atoms with E-state index in [4.69, 9.17) is 0 Å². The number of likely N-dealkylation sites (tertiary alicyclic amines) is 2. The standard InChI is InChI=1S/C26H39N3O3/c1-20(2)19-23(30)27-25(26(32)29-15-7-4-8-16-29)22-13-17-28(18-14-22)24(31)12-11-21-9-5-3-6-10-21/h3,5-6,9-10,20,22,25H,4,7-8,11-19H2,1-2H3,(H,27,30)/t25-/m0/s1. The van der Waals surface area contributed by atoms with Crippen LogP contribution < -0.4 is 5.32 Å². The zero-order valence-electron chi connectivity index (χ0n) is 19.7. The van der Waals surface area contributed by atoms with Gasteiger partial charge in [-0.25, -0.2) is 0 Å². The smallest absolute Gasteiger partial charge is 0.245 e. The number of nitrogens with one attached hydrogen (secondary N) is 1. The van der Waals surface area contributed by atoms with Crippen molar-refractivity contribution in [3.8, 4) is 0 Å². The predicted molar refractivity (Wildman–Crippen MR) is 126 cm³/mol. The van der Waals surface area contributed by atoms with Gasteiger partial charge < -0.3 is 15.1 Å². The number of piperidine rings is 2. The van der Waals surface area contributed by atoms with Gasteiger partial charge in [0.2, 0.25) is 17.7 Å². The average Bonchev–Trinajstić information content (AvgIpc) is 2.81. The van der Waals surface area contributed by atoms with Gasteiger partial charge in [-0.3, -0.25) is 14.4 Å². The number of amides is 3. The number of hydrogen-bond acceptors (Lipinski definition) is 3. The molecule has 0 aliphatic carbocycles. The third kappa shape index (κ3) is 7.07. The Morgan fingerprint density at radius 2 is 1.59 bits per heavy atom. The highest BCUT2D eigenvalue weighted by Crippen LogP contribution is 2.24. The van der Waals surface area contributed by atoms with E-state index in [0.29, 0.717) is 25.9 Å². The van der Waals surface area contributed by atoms with Crippen molar-refractivity contribution >= 4 is 17.7 Å². The van der Waals surface area contributed by atoms with Gasteiger partial charge in [0, 0.05) is 39.0 Å². The molecule has 1 aromatic carbocycles. The van der Waals surface area contributed by atoms with Crippen LogP contribution >= 0.6 is 0 Å². The summed E-state index contributed by atoms with van der Waals surface area (Å²) >= 11 is 0. The second-order valence-corrected chi connectivity index (χ2v) is 9.73. The molecule has 2 saturated heterocycles. The third-order valence-electron chi connectivity index (χ3n) is 6.68. The van der Waals surface area contributed by atoms with Crippen LogP contribution in [0.5, 0.6) is 0 Å². The minimum absolute atomic E-state index is 0.0447. The van der Waals surface area contributed by atoms with Crippen molar-refractivity contribution in [1.29, 1.82) is 0 Å². The minimum Gasteiger partial charge on any atom is -0.344 e. The Labute approximate surface area is 192 Å². The Morgan fingerprint density at radius 1 is 0.938 bits per heavy atom. The summed E-state index contributed by atoms with van der Waals surface area (Å²) in [6, 6.07) is 9.61. The van der Waals surface area contributed by atoms with Crippen LogP contribution in [-0.4, -0.2) is 59.7 Å². The van der Waals surface area contributed by atoms with Gasteiger partial charge >= 0.3 is 0 Å². The molecule has 6 heteroatoms. The third-order valence-corrected chi connectivity index (χ3v) is 6.68. The summed E-state index contributed by atoms with van der Waals surface area (Å²) in [7, 11) is 0. The molecular weight excluding hydrogens is 402 g/mol. The van der Waals surface area contributed by atoms with Gasteiger partial charge in [-0.2, -0.15) is 0 Å². The molecule has 1 N–H and O–H groups in total. The maximum Gasteiger partial charge on any atom is 0.245 e. The van der Waals surface area contributed by atoms with E-state index in [1.807, 2.05) is 41.8 Å². The van der Waals surface area contributed by atoms with Gasteiger partial charge in [0.15, 0.2) is 0 Å². The Bertz CT molecular complexity index is 751. The lowest BCUT2D eigenvalue weighted by Gasteiger charge is -2.38. The van der Waals surface area contributed by atoms with Gasteiger partial charge in [0.1, 0.15) is 6.04 Å². The van der Waals surface area contributed by atoms with Gasteiger partial charge in [-0.1, -0.05) is 44.2 Å². The van der Waals surface area contributed by atoms with E-state index in [-0.39, 0.29) is 29.6 Å². The SMILES string of the molecule is CC(C)CC(=O)N[C@H](C(=O)N1CCCCC1)C1CCN(C(=O)CCc2ccccc2)CC1. The number of nitrogens with zero attached hydrogens (tertiary/aromatic N) is 2. The van der Waals surface area contributed by atoms with Crippen LogP contribution in [0.25, 0.3) is 0 Å². The fourth-order valence-corrected chi connectivity index (χ4v) is 4.83. The van der Waals surface area contributed by atoms with E-state index >= 15 is 0 Å². The normalized spacial score (nSPS) is 18.5. The van der Waals surface area contributed by atoms with Gasteiger partial charge in [0.25, 0.3) is 0 Å². The molecule has 1 aromatic rings. The first kappa shape index (κ1) is 24.3. The van der Waals surface area contributed by atoms with Gasteiger partial charge in [-0.05, 0) is 55.9 Å². The van der Waals surface area contributed by atoms with Crippen molar-refractivity contribution in [2.45, 2.75) is 71.3 Å². The molecule has 2 aliphatic heterocycles. The van der Waals surface area contributed by atoms with Crippen LogP contribution in [0.2, 0.25) is 0 Å². The first-order valence-electron chi connectivity index (χ1n) is 12.3. The molecule has 1 atom stereocenters. The Hall–Kier alpha value is -2.37. The van der Waals surface area contributed by atoms with Crippen LogP contribution in [0.1, 0.15) is 64.4 Å². The van der Waals surface area contributed by atoms with Crippen molar-refractivity contribution in [1.82, 2.24) is 15.1 Å². The molecule has 0 spiro atoms. The second-order valence-electron chi connectivity index (χ2n) is 9.73. The lowest BCUT2D eigenvalue weighted by Crippen LogP contribution is -2.55. The Balaban J connectivity index is 1.56. The fourth-order valence-electron chi connectivity index (χ4n) is 4.83. The van der Waals surface area contributed by atoms with E-state index in [9.17, 15) is 14.4 Å². The minimum atomic E-state index is -0.471. The summed E-state index contributed by atoms with van der Waals surface area (Å²) in [5.41, 5.74) is 1.18. The summed E-state index contributed by atoms with van der Waals surface area (Å²) in [4.78, 5) is 42.4. The summed E-state index contributed by atoms with van der Waals surface area (Å²) < 4.78 is 0. The monoisotopic (exact) mass is 441 g/mol. The number of carbonyl (C=O) groups excluding carboxylic acids is 3. The molecule has 2 heterocycles. The maximum absolute atomic E-state index is 13.3. The molecule has 0 bridgehead atoms. The first-order valence-corrected chi connectivity index (χ1v) is 12.3. The van der Waals surface area contributed by atoms with Crippen molar-refractivity contribution in [3.63, 3.8) is 0 Å². The molecule has 0 radical (unpaired) electrons. The largest absolute Gasteiger partial charge is 0.344 e. The zero-order valence-corrected chi connectivity index (χ0v) is 19.7. The number of aryl methyl sites for hydroxylation is 1. The molecular formula is C26H39N3O3. The van der Waals surface area contributed by atoms with E-state index < -0.39 is 6.04 Å². The molecule has 0 unspecified atom stereocenters. The molecule has 176 valence electrons. The summed E-state index contributed by atoms with van der Waals surface area (Å²) in [5.74, 6) is 0.533. The lowest BCUT2D eigenvalue weighted by molar-refractivity contribution is -0.140. The number of rotatable bonds is 8. The van der Waals surface area contributed by atoms with Crippen LogP contribution in [-0.2, 0) is 20.8 Å². The maximum atomic E-state index is 13.3. The summed E-state index contributed by atoms with van der Waals surface area (Å²) in [6.07, 6.45) is 6.43. The zero-order chi connectivity index (χ0) is 22.9. The summed E-state index contributed by atoms with van der Waals surface area (Å²) in [6.45, 7) is 6.91. The van der Waals surface area contributed by atoms with Crippen molar-refractivity contribution in [2.75, 3.05) is 26.2 Å². The van der Waals surface area contributed by atoms with Crippen LogP contribution in [0.4, 0.5) is 0 Å². The lowest BCUT2D eigenvalue weighted by atomic mass is 9.87. The highest BCUT2D eigenvalue weighted by Gasteiger charge is 2.36. The van der Waals surface area contributed by atoms with E-state index in [1.54, 1.807) is 0 Å². The van der Waals surface area contributed by atoms with Crippen LogP contribution in [0.3, 0.4) is 0 Å². The molecule has 3 rings (SSSR count). The van der Waals surface area contributed by atoms with Crippen molar-refractivity contribution in [3.05, 3.63) is 35.9 Å². The molecule has 6 nitrogen and oxygen atoms in total.